The van der Waals surface area contributed by atoms with Gasteiger partial charge in [-0.1, -0.05) is 30.3 Å². The maximum atomic E-state index is 13.0. The standard InChI is InChI=1S/C25H33N3O3/c1-24(2,3)31-23(30)26-25(4,5)20-13-11-19(12-14-20)22(29)28-17-15-27(16-18-28)21-9-7-6-8-10-21/h6-14H,15-18H2,1-5H3,(H,26,30). The van der Waals surface area contributed by atoms with Crippen LogP contribution < -0.4 is 10.2 Å². The summed E-state index contributed by atoms with van der Waals surface area (Å²) in [7, 11) is 0. The molecule has 1 N–H and O–H groups in total. The molecule has 1 fully saturated rings. The van der Waals surface area contributed by atoms with E-state index in [1.165, 1.54) is 5.69 Å². The molecular formula is C25H33N3O3. The maximum Gasteiger partial charge on any atom is 0.408 e. The number of carbonyl (C=O) groups excluding carboxylic acids is 2. The van der Waals surface area contributed by atoms with E-state index in [2.05, 4.69) is 22.3 Å². The molecule has 1 heterocycles. The summed E-state index contributed by atoms with van der Waals surface area (Å²) >= 11 is 0. The summed E-state index contributed by atoms with van der Waals surface area (Å²) in [5, 5.41) is 2.90. The normalized spacial score (nSPS) is 14.9. The van der Waals surface area contributed by atoms with E-state index in [-0.39, 0.29) is 5.91 Å². The smallest absolute Gasteiger partial charge is 0.408 e. The zero-order valence-electron chi connectivity index (χ0n) is 19.1. The van der Waals surface area contributed by atoms with Crippen LogP contribution >= 0.6 is 0 Å². The fourth-order valence-electron chi connectivity index (χ4n) is 3.65. The average molecular weight is 424 g/mol. The molecule has 0 bridgehead atoms. The first-order chi connectivity index (χ1) is 14.5. The largest absolute Gasteiger partial charge is 0.444 e. The van der Waals surface area contributed by atoms with Gasteiger partial charge in [0.15, 0.2) is 0 Å². The predicted molar refractivity (Wildman–Crippen MR) is 123 cm³/mol. The lowest BCUT2D eigenvalue weighted by Gasteiger charge is -2.36. The van der Waals surface area contributed by atoms with E-state index < -0.39 is 17.2 Å². The van der Waals surface area contributed by atoms with Crippen molar-refractivity contribution in [3.63, 3.8) is 0 Å². The maximum absolute atomic E-state index is 13.0. The van der Waals surface area contributed by atoms with E-state index in [1.54, 1.807) is 0 Å². The third-order valence-corrected chi connectivity index (χ3v) is 5.36. The third-order valence-electron chi connectivity index (χ3n) is 5.36. The van der Waals surface area contributed by atoms with Crippen LogP contribution in [0.1, 0.15) is 50.5 Å². The second-order valence-corrected chi connectivity index (χ2v) is 9.44. The summed E-state index contributed by atoms with van der Waals surface area (Å²) in [5.74, 6) is 0.0390. The number of carbonyl (C=O) groups is 2. The van der Waals surface area contributed by atoms with Crippen molar-refractivity contribution < 1.29 is 14.3 Å². The summed E-state index contributed by atoms with van der Waals surface area (Å²) in [5.41, 5.74) is 1.58. The van der Waals surface area contributed by atoms with Gasteiger partial charge in [-0.2, -0.15) is 0 Å². The lowest BCUT2D eigenvalue weighted by atomic mass is 9.93. The molecule has 0 saturated carbocycles. The minimum Gasteiger partial charge on any atom is -0.444 e. The summed E-state index contributed by atoms with van der Waals surface area (Å²) < 4.78 is 5.36. The number of piperazine rings is 1. The van der Waals surface area contributed by atoms with Crippen LogP contribution in [0.2, 0.25) is 0 Å². The predicted octanol–water partition coefficient (Wildman–Crippen LogP) is 4.41. The Hall–Kier alpha value is -3.02. The summed E-state index contributed by atoms with van der Waals surface area (Å²) in [4.78, 5) is 29.3. The number of nitrogens with one attached hydrogen (secondary N) is 1. The number of para-hydroxylation sites is 1. The Balaban J connectivity index is 1.59. The Labute approximate surface area is 185 Å². The van der Waals surface area contributed by atoms with Crippen molar-refractivity contribution in [2.24, 2.45) is 0 Å². The number of nitrogens with zero attached hydrogens (tertiary/aromatic N) is 2. The molecule has 31 heavy (non-hydrogen) atoms. The van der Waals surface area contributed by atoms with Crippen LogP contribution in [0.3, 0.4) is 0 Å². The topological polar surface area (TPSA) is 61.9 Å². The van der Waals surface area contributed by atoms with Crippen molar-refractivity contribution in [2.45, 2.75) is 45.8 Å². The average Bonchev–Trinajstić information content (AvgIpc) is 2.72. The molecule has 6 nitrogen and oxygen atoms in total. The SMILES string of the molecule is CC(C)(C)OC(=O)NC(C)(C)c1ccc(C(=O)N2CCN(c3ccccc3)CC2)cc1. The van der Waals surface area contributed by atoms with Gasteiger partial charge in [0.05, 0.1) is 5.54 Å². The van der Waals surface area contributed by atoms with Crippen LogP contribution in [0, 0.1) is 0 Å². The second kappa shape index (κ2) is 9.00. The Morgan fingerprint density at radius 2 is 1.42 bits per heavy atom. The first-order valence-electron chi connectivity index (χ1n) is 10.8. The fraction of sp³-hybridized carbons (Fsp3) is 0.440. The Bertz CT molecular complexity index is 894. The molecule has 166 valence electrons. The number of amides is 2. The molecule has 6 heteroatoms. The van der Waals surface area contributed by atoms with Gasteiger partial charge < -0.3 is 19.9 Å². The molecule has 0 atom stereocenters. The van der Waals surface area contributed by atoms with Crippen LogP contribution in [-0.4, -0.2) is 48.7 Å². The van der Waals surface area contributed by atoms with E-state index in [0.717, 1.165) is 18.7 Å². The number of hydrogen-bond acceptors (Lipinski definition) is 4. The highest BCUT2D eigenvalue weighted by molar-refractivity contribution is 5.94. The van der Waals surface area contributed by atoms with Crippen molar-refractivity contribution in [3.05, 3.63) is 65.7 Å². The molecule has 2 aromatic rings. The molecule has 1 aliphatic rings. The number of hydrogen-bond donors (Lipinski definition) is 1. The van der Waals surface area contributed by atoms with Crippen LogP contribution in [0.4, 0.5) is 10.5 Å². The third kappa shape index (κ3) is 6.00. The number of benzene rings is 2. The number of ether oxygens (including phenoxy) is 1. The Morgan fingerprint density at radius 1 is 0.839 bits per heavy atom. The molecule has 3 rings (SSSR count). The molecule has 0 unspecified atom stereocenters. The minimum atomic E-state index is -0.620. The van der Waals surface area contributed by atoms with Crippen molar-refractivity contribution in [2.75, 3.05) is 31.1 Å². The van der Waals surface area contributed by atoms with Gasteiger partial charge in [0.25, 0.3) is 5.91 Å². The Morgan fingerprint density at radius 3 is 1.97 bits per heavy atom. The Kier molecular flexibility index (Phi) is 6.58. The van der Waals surface area contributed by atoms with E-state index >= 15 is 0 Å². The molecule has 2 aromatic carbocycles. The number of alkyl carbamates (subject to hydrolysis) is 1. The van der Waals surface area contributed by atoms with Gasteiger partial charge in [0, 0.05) is 37.4 Å². The number of anilines is 1. The van der Waals surface area contributed by atoms with Gasteiger partial charge in [0.2, 0.25) is 0 Å². The van der Waals surface area contributed by atoms with Gasteiger partial charge in [-0.15, -0.1) is 0 Å². The van der Waals surface area contributed by atoms with Crippen molar-refractivity contribution in [1.82, 2.24) is 10.2 Å². The lowest BCUT2D eigenvalue weighted by molar-refractivity contribution is 0.0470. The lowest BCUT2D eigenvalue weighted by Crippen LogP contribution is -2.48. The van der Waals surface area contributed by atoms with Gasteiger partial charge in [-0.25, -0.2) is 4.79 Å². The monoisotopic (exact) mass is 423 g/mol. The van der Waals surface area contributed by atoms with Gasteiger partial charge >= 0.3 is 6.09 Å². The van der Waals surface area contributed by atoms with E-state index in [0.29, 0.717) is 18.7 Å². The van der Waals surface area contributed by atoms with Crippen LogP contribution in [0.15, 0.2) is 54.6 Å². The summed E-state index contributed by atoms with van der Waals surface area (Å²) in [6.07, 6.45) is -0.464. The molecule has 0 aromatic heterocycles. The van der Waals surface area contributed by atoms with E-state index in [4.69, 9.17) is 4.74 Å². The highest BCUT2D eigenvalue weighted by atomic mass is 16.6. The highest BCUT2D eigenvalue weighted by Crippen LogP contribution is 2.23. The molecule has 0 spiro atoms. The van der Waals surface area contributed by atoms with Crippen molar-refractivity contribution in [3.8, 4) is 0 Å². The summed E-state index contributed by atoms with van der Waals surface area (Å²) in [6, 6.07) is 17.7. The van der Waals surface area contributed by atoms with Crippen LogP contribution in [-0.2, 0) is 10.3 Å². The molecule has 0 radical (unpaired) electrons. The summed E-state index contributed by atoms with van der Waals surface area (Å²) in [6.45, 7) is 12.4. The van der Waals surface area contributed by atoms with E-state index in [1.807, 2.05) is 82.0 Å². The van der Waals surface area contributed by atoms with Gasteiger partial charge in [0.1, 0.15) is 5.60 Å². The van der Waals surface area contributed by atoms with Crippen molar-refractivity contribution in [1.29, 1.82) is 0 Å². The first-order valence-corrected chi connectivity index (χ1v) is 10.8. The highest BCUT2D eigenvalue weighted by Gasteiger charge is 2.27. The minimum absolute atomic E-state index is 0.0390. The molecule has 1 aliphatic heterocycles. The molecule has 2 amide bonds. The molecular weight excluding hydrogens is 390 g/mol. The van der Waals surface area contributed by atoms with Crippen LogP contribution in [0.5, 0.6) is 0 Å². The van der Waals surface area contributed by atoms with E-state index in [9.17, 15) is 9.59 Å². The first kappa shape index (κ1) is 22.7. The molecule has 1 saturated heterocycles. The van der Waals surface area contributed by atoms with Crippen LogP contribution in [0.25, 0.3) is 0 Å². The quantitative estimate of drug-likeness (QED) is 0.791. The van der Waals surface area contributed by atoms with Gasteiger partial charge in [-0.3, -0.25) is 4.79 Å². The fourth-order valence-corrected chi connectivity index (χ4v) is 3.65. The zero-order chi connectivity index (χ0) is 22.6. The molecule has 0 aliphatic carbocycles. The van der Waals surface area contributed by atoms with Crippen molar-refractivity contribution >= 4 is 17.7 Å². The van der Waals surface area contributed by atoms with Gasteiger partial charge in [-0.05, 0) is 64.4 Å². The zero-order valence-corrected chi connectivity index (χ0v) is 19.1. The second-order valence-electron chi connectivity index (χ2n) is 9.44. The number of rotatable bonds is 4.